The van der Waals surface area contributed by atoms with Gasteiger partial charge in [0.2, 0.25) is 0 Å². The molecule has 0 unspecified atom stereocenters. The minimum atomic E-state index is -0.0785. The molecule has 4 rings (SSSR count). The molecule has 0 spiro atoms. The van der Waals surface area contributed by atoms with Crippen LogP contribution in [-0.2, 0) is 31.0 Å². The van der Waals surface area contributed by atoms with Crippen molar-refractivity contribution in [2.75, 3.05) is 0 Å². The van der Waals surface area contributed by atoms with Crippen LogP contribution in [0, 0.1) is 0 Å². The number of amides is 1. The van der Waals surface area contributed by atoms with Gasteiger partial charge in [0.15, 0.2) is 0 Å². The molecule has 3 aromatic rings. The Kier molecular flexibility index (Phi) is 4.26. The molecular weight excluding hydrogens is 316 g/mol. The summed E-state index contributed by atoms with van der Waals surface area (Å²) in [6.45, 7) is 2.31. The molecule has 0 aliphatic carbocycles. The lowest BCUT2D eigenvalue weighted by molar-refractivity contribution is 0.0950. The first-order valence-corrected chi connectivity index (χ1v) is 8.16. The third-order valence-electron chi connectivity index (χ3n) is 4.34. The first-order chi connectivity index (χ1) is 12.3. The van der Waals surface area contributed by atoms with Crippen LogP contribution in [0.25, 0.3) is 0 Å². The molecule has 2 heterocycles. The van der Waals surface area contributed by atoms with Crippen LogP contribution < -0.4 is 5.32 Å². The third-order valence-corrected chi connectivity index (χ3v) is 4.34. The van der Waals surface area contributed by atoms with Gasteiger partial charge in [-0.15, -0.1) is 0 Å². The average Bonchev–Trinajstić information content (AvgIpc) is 3.31. The minimum absolute atomic E-state index is 0.0785. The summed E-state index contributed by atoms with van der Waals surface area (Å²) in [5.74, 6) is -0.0785. The van der Waals surface area contributed by atoms with Crippen molar-refractivity contribution in [1.82, 2.24) is 20.1 Å². The molecular formula is C19H18N4O2. The van der Waals surface area contributed by atoms with Crippen molar-refractivity contribution in [3.63, 3.8) is 0 Å². The SMILES string of the molecule is O=C(NCc1ccccc1Cn1cncn1)c1ccc2c(c1)COC2. The number of ether oxygens (including phenoxy) is 1. The molecule has 0 bridgehead atoms. The monoisotopic (exact) mass is 334 g/mol. The topological polar surface area (TPSA) is 69.0 Å². The maximum atomic E-state index is 12.5. The van der Waals surface area contributed by atoms with Crippen molar-refractivity contribution < 1.29 is 9.53 Å². The maximum Gasteiger partial charge on any atom is 0.251 e. The van der Waals surface area contributed by atoms with E-state index in [-0.39, 0.29) is 5.91 Å². The van der Waals surface area contributed by atoms with E-state index < -0.39 is 0 Å². The van der Waals surface area contributed by atoms with Crippen LogP contribution in [0.2, 0.25) is 0 Å². The Hall–Kier alpha value is -2.99. The van der Waals surface area contributed by atoms with E-state index in [1.165, 1.54) is 6.33 Å². The number of hydrogen-bond donors (Lipinski definition) is 1. The van der Waals surface area contributed by atoms with Crippen molar-refractivity contribution in [2.24, 2.45) is 0 Å². The second kappa shape index (κ2) is 6.86. The predicted octanol–water partition coefficient (Wildman–Crippen LogP) is 2.29. The van der Waals surface area contributed by atoms with Crippen LogP contribution in [0.4, 0.5) is 0 Å². The van der Waals surface area contributed by atoms with Gasteiger partial charge in [-0.3, -0.25) is 4.79 Å². The number of benzene rings is 2. The van der Waals surface area contributed by atoms with Crippen molar-refractivity contribution in [2.45, 2.75) is 26.3 Å². The van der Waals surface area contributed by atoms with Gasteiger partial charge in [0, 0.05) is 12.1 Å². The number of carbonyl (C=O) groups excluding carboxylic acids is 1. The fourth-order valence-corrected chi connectivity index (χ4v) is 2.96. The van der Waals surface area contributed by atoms with E-state index in [0.717, 1.165) is 22.3 Å². The van der Waals surface area contributed by atoms with Gasteiger partial charge in [-0.05, 0) is 34.4 Å². The molecule has 6 heteroatoms. The number of rotatable bonds is 5. The summed E-state index contributed by atoms with van der Waals surface area (Å²) in [6, 6.07) is 13.7. The molecule has 1 aliphatic rings. The quantitative estimate of drug-likeness (QED) is 0.777. The Labute approximate surface area is 145 Å². The minimum Gasteiger partial charge on any atom is -0.372 e. The van der Waals surface area contributed by atoms with E-state index in [1.807, 2.05) is 42.5 Å². The highest BCUT2D eigenvalue weighted by atomic mass is 16.5. The van der Waals surface area contributed by atoms with Crippen LogP contribution in [0.3, 0.4) is 0 Å². The summed E-state index contributed by atoms with van der Waals surface area (Å²) >= 11 is 0. The summed E-state index contributed by atoms with van der Waals surface area (Å²) < 4.78 is 7.16. The highest BCUT2D eigenvalue weighted by molar-refractivity contribution is 5.94. The number of hydrogen-bond acceptors (Lipinski definition) is 4. The fourth-order valence-electron chi connectivity index (χ4n) is 2.96. The molecule has 2 aromatic carbocycles. The number of fused-ring (bicyclic) bond motifs is 1. The van der Waals surface area contributed by atoms with Crippen LogP contribution in [-0.4, -0.2) is 20.7 Å². The summed E-state index contributed by atoms with van der Waals surface area (Å²) in [6.07, 6.45) is 3.20. The Morgan fingerprint density at radius 1 is 1.12 bits per heavy atom. The van der Waals surface area contributed by atoms with Gasteiger partial charge in [-0.1, -0.05) is 30.3 Å². The molecule has 1 amide bonds. The molecule has 0 saturated carbocycles. The lowest BCUT2D eigenvalue weighted by Crippen LogP contribution is -2.23. The van der Waals surface area contributed by atoms with Gasteiger partial charge in [0.05, 0.1) is 19.8 Å². The van der Waals surface area contributed by atoms with Crippen molar-refractivity contribution in [3.05, 3.63) is 82.9 Å². The summed E-state index contributed by atoms with van der Waals surface area (Å²) in [5.41, 5.74) is 5.10. The zero-order valence-corrected chi connectivity index (χ0v) is 13.7. The van der Waals surface area contributed by atoms with Crippen molar-refractivity contribution >= 4 is 5.91 Å². The van der Waals surface area contributed by atoms with E-state index >= 15 is 0 Å². The molecule has 6 nitrogen and oxygen atoms in total. The van der Waals surface area contributed by atoms with Crippen LogP contribution in [0.1, 0.15) is 32.6 Å². The predicted molar refractivity (Wildman–Crippen MR) is 91.7 cm³/mol. The van der Waals surface area contributed by atoms with Gasteiger partial charge >= 0.3 is 0 Å². The van der Waals surface area contributed by atoms with Crippen LogP contribution in [0.5, 0.6) is 0 Å². The number of nitrogens with zero attached hydrogens (tertiary/aromatic N) is 3. The van der Waals surface area contributed by atoms with Gasteiger partial charge in [-0.25, -0.2) is 9.67 Å². The highest BCUT2D eigenvalue weighted by Crippen LogP contribution is 2.21. The number of carbonyl (C=O) groups is 1. The van der Waals surface area contributed by atoms with E-state index in [4.69, 9.17) is 4.74 Å². The first-order valence-electron chi connectivity index (χ1n) is 8.16. The highest BCUT2D eigenvalue weighted by Gasteiger charge is 2.14. The van der Waals surface area contributed by atoms with Crippen molar-refractivity contribution in [1.29, 1.82) is 0 Å². The Bertz CT molecular complexity index is 890. The smallest absolute Gasteiger partial charge is 0.251 e. The van der Waals surface area contributed by atoms with Gasteiger partial charge in [-0.2, -0.15) is 5.10 Å². The Morgan fingerprint density at radius 2 is 1.96 bits per heavy atom. The molecule has 0 fully saturated rings. The second-order valence-electron chi connectivity index (χ2n) is 6.02. The number of aromatic nitrogens is 3. The van der Waals surface area contributed by atoms with E-state index in [9.17, 15) is 4.79 Å². The van der Waals surface area contributed by atoms with Crippen molar-refractivity contribution in [3.8, 4) is 0 Å². The molecule has 126 valence electrons. The van der Waals surface area contributed by atoms with Gasteiger partial charge < -0.3 is 10.1 Å². The largest absolute Gasteiger partial charge is 0.372 e. The molecule has 0 atom stereocenters. The molecule has 0 radical (unpaired) electrons. The van der Waals surface area contributed by atoms with Gasteiger partial charge in [0.25, 0.3) is 5.91 Å². The summed E-state index contributed by atoms with van der Waals surface area (Å²) in [7, 11) is 0. The molecule has 1 aliphatic heterocycles. The number of nitrogens with one attached hydrogen (secondary N) is 1. The Balaban J connectivity index is 1.45. The summed E-state index contributed by atoms with van der Waals surface area (Å²) in [4.78, 5) is 16.4. The summed E-state index contributed by atoms with van der Waals surface area (Å²) in [5, 5.41) is 7.14. The standard InChI is InChI=1S/C19H18N4O2/c24-19(14-5-6-17-10-25-11-18(17)7-14)21-8-15-3-1-2-4-16(15)9-23-13-20-12-22-23/h1-7,12-13H,8-11H2,(H,21,24). The molecule has 25 heavy (non-hydrogen) atoms. The van der Waals surface area contributed by atoms with Crippen LogP contribution in [0.15, 0.2) is 55.1 Å². The maximum absolute atomic E-state index is 12.5. The van der Waals surface area contributed by atoms with E-state index in [2.05, 4.69) is 15.4 Å². The van der Waals surface area contributed by atoms with Crippen LogP contribution >= 0.6 is 0 Å². The zero-order valence-electron chi connectivity index (χ0n) is 13.7. The lowest BCUT2D eigenvalue weighted by Gasteiger charge is -2.11. The normalized spacial score (nSPS) is 12.8. The first kappa shape index (κ1) is 15.5. The van der Waals surface area contributed by atoms with Gasteiger partial charge in [0.1, 0.15) is 12.7 Å². The molecule has 1 N–H and O–H groups in total. The Morgan fingerprint density at radius 3 is 2.80 bits per heavy atom. The molecule has 0 saturated heterocycles. The third kappa shape index (κ3) is 3.44. The lowest BCUT2D eigenvalue weighted by atomic mass is 10.1. The van der Waals surface area contributed by atoms with E-state index in [0.29, 0.717) is 31.9 Å². The second-order valence-corrected chi connectivity index (χ2v) is 6.02. The average molecular weight is 334 g/mol. The fraction of sp³-hybridized carbons (Fsp3) is 0.211. The zero-order chi connectivity index (χ0) is 17.1. The van der Waals surface area contributed by atoms with E-state index in [1.54, 1.807) is 11.0 Å². The molecule has 1 aromatic heterocycles.